The van der Waals surface area contributed by atoms with Gasteiger partial charge in [-0.25, -0.2) is 0 Å². The number of carbonyl (C=O) groups is 2. The van der Waals surface area contributed by atoms with Crippen LogP contribution >= 0.6 is 7.14 Å². The van der Waals surface area contributed by atoms with E-state index in [1.165, 1.54) is 0 Å². The Bertz CT molecular complexity index is 695. The van der Waals surface area contributed by atoms with Gasteiger partial charge in [-0.1, -0.05) is 62.4 Å². The number of ketones is 2. The Morgan fingerprint density at radius 2 is 1.04 bits per heavy atom. The molecule has 0 N–H and O–H groups in total. The van der Waals surface area contributed by atoms with Gasteiger partial charge in [0, 0.05) is 34.6 Å². The fourth-order valence-electron chi connectivity index (χ4n) is 2.42. The normalized spacial score (nSPS) is 11.3. The molecule has 0 radical (unpaired) electrons. The van der Waals surface area contributed by atoms with Crippen molar-refractivity contribution in [2.75, 3.05) is 6.66 Å². The highest BCUT2D eigenvalue weighted by Crippen LogP contribution is 2.38. The van der Waals surface area contributed by atoms with Gasteiger partial charge in [0.2, 0.25) is 0 Å². The summed E-state index contributed by atoms with van der Waals surface area (Å²) in [6, 6.07) is 13.9. The van der Waals surface area contributed by atoms with E-state index in [0.717, 1.165) is 0 Å². The van der Waals surface area contributed by atoms with Crippen LogP contribution in [0.2, 0.25) is 0 Å². The zero-order chi connectivity index (χ0) is 17.0. The summed E-state index contributed by atoms with van der Waals surface area (Å²) in [5.74, 6) is 0.148. The first kappa shape index (κ1) is 17.4. The highest BCUT2D eigenvalue weighted by atomic mass is 31.2. The average molecular weight is 328 g/mol. The van der Waals surface area contributed by atoms with Crippen molar-refractivity contribution < 1.29 is 14.2 Å². The van der Waals surface area contributed by atoms with Gasteiger partial charge in [-0.2, -0.15) is 0 Å². The fourth-order valence-corrected chi connectivity index (χ4v) is 4.16. The molecule has 3 nitrogen and oxygen atoms in total. The van der Waals surface area contributed by atoms with E-state index >= 15 is 0 Å². The van der Waals surface area contributed by atoms with E-state index in [0.29, 0.717) is 34.6 Å². The summed E-state index contributed by atoms with van der Waals surface area (Å²) in [6.07, 6.45) is 0.909. The van der Waals surface area contributed by atoms with E-state index in [2.05, 4.69) is 0 Å². The van der Waals surface area contributed by atoms with Crippen molar-refractivity contribution in [2.45, 2.75) is 26.7 Å². The van der Waals surface area contributed by atoms with Crippen LogP contribution in [0.5, 0.6) is 0 Å². The predicted octanol–water partition coefficient (Wildman–Crippen LogP) is 3.82. The van der Waals surface area contributed by atoms with Crippen LogP contribution in [-0.2, 0) is 4.57 Å². The van der Waals surface area contributed by atoms with Crippen molar-refractivity contribution in [1.82, 2.24) is 0 Å². The molecule has 0 saturated heterocycles. The molecule has 0 fully saturated rings. The molecule has 23 heavy (non-hydrogen) atoms. The number of rotatable bonds is 6. The van der Waals surface area contributed by atoms with Crippen LogP contribution in [0.4, 0.5) is 0 Å². The molecule has 0 bridgehead atoms. The summed E-state index contributed by atoms with van der Waals surface area (Å²) in [6.45, 7) is 5.35. The van der Waals surface area contributed by atoms with Crippen LogP contribution in [0.25, 0.3) is 0 Å². The Labute approximate surface area is 137 Å². The molecule has 0 aliphatic rings. The Balaban J connectivity index is 2.32. The third-order valence-corrected chi connectivity index (χ3v) is 6.57. The molecular formula is C19H21O3P. The topological polar surface area (TPSA) is 51.2 Å². The molecule has 0 spiro atoms. The second-order valence-corrected chi connectivity index (χ2v) is 8.45. The molecular weight excluding hydrogens is 307 g/mol. The van der Waals surface area contributed by atoms with Crippen LogP contribution in [0, 0.1) is 0 Å². The van der Waals surface area contributed by atoms with Crippen molar-refractivity contribution in [2.24, 2.45) is 0 Å². The first-order valence-electron chi connectivity index (χ1n) is 7.75. The number of benzene rings is 2. The van der Waals surface area contributed by atoms with Crippen molar-refractivity contribution >= 4 is 29.3 Å². The summed E-state index contributed by atoms with van der Waals surface area (Å²) >= 11 is 0. The van der Waals surface area contributed by atoms with E-state index in [9.17, 15) is 14.2 Å². The van der Waals surface area contributed by atoms with Crippen LogP contribution in [0.1, 0.15) is 47.4 Å². The van der Waals surface area contributed by atoms with Crippen molar-refractivity contribution in [3.8, 4) is 0 Å². The third kappa shape index (κ3) is 3.68. The number of hydrogen-bond donors (Lipinski definition) is 0. The van der Waals surface area contributed by atoms with E-state index in [4.69, 9.17) is 0 Å². The lowest BCUT2D eigenvalue weighted by molar-refractivity contribution is 0.0980. The molecule has 0 aromatic heterocycles. The zero-order valence-electron chi connectivity index (χ0n) is 13.7. The standard InChI is InChI=1S/C19H21O3P/c1-4-18(20)14-6-10-16(11-7-14)23(3,22)17-12-8-15(9-13-17)19(21)5-2/h6-13H,4-5H2,1-3H3. The minimum absolute atomic E-state index is 0.0740. The van der Waals surface area contributed by atoms with E-state index in [-0.39, 0.29) is 11.6 Å². The summed E-state index contributed by atoms with van der Waals surface area (Å²) in [5, 5.41) is 1.42. The summed E-state index contributed by atoms with van der Waals surface area (Å²) < 4.78 is 13.1. The van der Waals surface area contributed by atoms with E-state index < -0.39 is 7.14 Å². The second kappa shape index (κ2) is 7.06. The first-order valence-corrected chi connectivity index (χ1v) is 9.90. The lowest BCUT2D eigenvalue weighted by Crippen LogP contribution is -2.16. The molecule has 0 atom stereocenters. The van der Waals surface area contributed by atoms with Crippen LogP contribution in [0.3, 0.4) is 0 Å². The molecule has 2 rings (SSSR count). The van der Waals surface area contributed by atoms with Crippen LogP contribution in [-0.4, -0.2) is 18.2 Å². The summed E-state index contributed by atoms with van der Waals surface area (Å²) in [4.78, 5) is 23.3. The van der Waals surface area contributed by atoms with Crippen molar-refractivity contribution in [1.29, 1.82) is 0 Å². The number of Topliss-reactive ketones (excluding diaryl/α,β-unsaturated/α-hetero) is 2. The van der Waals surface area contributed by atoms with Gasteiger partial charge in [-0.05, 0) is 6.66 Å². The molecule has 0 unspecified atom stereocenters. The second-order valence-electron chi connectivity index (χ2n) is 5.57. The number of hydrogen-bond acceptors (Lipinski definition) is 3. The van der Waals surface area contributed by atoms with Gasteiger partial charge < -0.3 is 4.57 Å². The summed E-state index contributed by atoms with van der Waals surface area (Å²) in [5.41, 5.74) is 1.28. The van der Waals surface area contributed by atoms with Crippen LogP contribution in [0.15, 0.2) is 48.5 Å². The quantitative estimate of drug-likeness (QED) is 0.598. The highest BCUT2D eigenvalue weighted by Gasteiger charge is 2.21. The minimum Gasteiger partial charge on any atom is -0.314 e. The fraction of sp³-hybridized carbons (Fsp3) is 0.263. The van der Waals surface area contributed by atoms with E-state index in [1.807, 2.05) is 13.8 Å². The monoisotopic (exact) mass is 328 g/mol. The SMILES string of the molecule is CCC(=O)c1ccc(P(C)(=O)c2ccc(C(=O)CC)cc2)cc1. The van der Waals surface area contributed by atoms with Crippen LogP contribution < -0.4 is 10.6 Å². The van der Waals surface area contributed by atoms with Gasteiger partial charge in [0.05, 0.1) is 0 Å². The number of carbonyl (C=O) groups excluding carboxylic acids is 2. The van der Waals surface area contributed by atoms with Gasteiger partial charge in [0.1, 0.15) is 7.14 Å². The Morgan fingerprint density at radius 3 is 1.30 bits per heavy atom. The maximum absolute atomic E-state index is 13.1. The molecule has 0 heterocycles. The van der Waals surface area contributed by atoms with Gasteiger partial charge in [-0.15, -0.1) is 0 Å². The predicted molar refractivity (Wildman–Crippen MR) is 94.9 cm³/mol. The molecule has 2 aromatic rings. The molecule has 0 amide bonds. The van der Waals surface area contributed by atoms with Crippen molar-refractivity contribution in [3.05, 3.63) is 59.7 Å². The minimum atomic E-state index is -2.74. The molecule has 4 heteroatoms. The molecule has 120 valence electrons. The van der Waals surface area contributed by atoms with Gasteiger partial charge in [0.25, 0.3) is 0 Å². The summed E-state index contributed by atoms with van der Waals surface area (Å²) in [7, 11) is -2.74. The van der Waals surface area contributed by atoms with Crippen molar-refractivity contribution in [3.63, 3.8) is 0 Å². The first-order chi connectivity index (χ1) is 10.9. The average Bonchev–Trinajstić information content (AvgIpc) is 2.60. The molecule has 2 aromatic carbocycles. The largest absolute Gasteiger partial charge is 0.314 e. The molecule has 0 aliphatic carbocycles. The van der Waals surface area contributed by atoms with Gasteiger partial charge in [0.15, 0.2) is 11.6 Å². The maximum Gasteiger partial charge on any atom is 0.162 e. The van der Waals surface area contributed by atoms with E-state index in [1.54, 1.807) is 55.2 Å². The molecule has 0 saturated carbocycles. The van der Waals surface area contributed by atoms with Gasteiger partial charge >= 0.3 is 0 Å². The Kier molecular flexibility index (Phi) is 5.33. The third-order valence-electron chi connectivity index (χ3n) is 4.01. The lowest BCUT2D eigenvalue weighted by Gasteiger charge is -2.14. The molecule has 0 aliphatic heterocycles. The zero-order valence-corrected chi connectivity index (χ0v) is 14.6. The maximum atomic E-state index is 13.1. The lowest BCUT2D eigenvalue weighted by atomic mass is 10.1. The Morgan fingerprint density at radius 1 is 0.739 bits per heavy atom. The van der Waals surface area contributed by atoms with Gasteiger partial charge in [-0.3, -0.25) is 9.59 Å². The Hall–Kier alpha value is -1.99. The highest BCUT2D eigenvalue weighted by molar-refractivity contribution is 7.78. The smallest absolute Gasteiger partial charge is 0.162 e.